The molecule has 33 heavy (non-hydrogen) atoms. The van der Waals surface area contributed by atoms with Crippen LogP contribution in [-0.4, -0.2) is 52.3 Å². The first-order valence-electron chi connectivity index (χ1n) is 11.5. The Morgan fingerprint density at radius 3 is 2.55 bits per heavy atom. The fourth-order valence-corrected chi connectivity index (χ4v) is 8.04. The molecule has 8 atom stereocenters. The van der Waals surface area contributed by atoms with E-state index < -0.39 is 46.9 Å². The quantitative estimate of drug-likeness (QED) is 0.489. The second-order valence-corrected chi connectivity index (χ2v) is 11.0. The SMILES string of the molecule is CC(=O)OCC(=O)[C@@]1(OC(C)=O)CC[C@H]2[C@@H]3C[C@H](Cl)C4=CC(=O)C=C[C@]4(C)[C@H]3C(O)C[C@@]21C. The lowest BCUT2D eigenvalue weighted by atomic mass is 9.46. The third kappa shape index (κ3) is 3.50. The average molecular weight is 479 g/mol. The minimum absolute atomic E-state index is 0.0415. The van der Waals surface area contributed by atoms with Crippen molar-refractivity contribution in [2.24, 2.45) is 28.6 Å². The van der Waals surface area contributed by atoms with Crippen LogP contribution >= 0.6 is 11.6 Å². The molecule has 0 radical (unpaired) electrons. The molecule has 0 aromatic heterocycles. The second kappa shape index (κ2) is 8.05. The predicted molar refractivity (Wildman–Crippen MR) is 119 cm³/mol. The summed E-state index contributed by atoms with van der Waals surface area (Å²) in [6.07, 6.45) is 5.90. The maximum Gasteiger partial charge on any atom is 0.303 e. The molecule has 4 aliphatic carbocycles. The third-order valence-corrected chi connectivity index (χ3v) is 9.18. The van der Waals surface area contributed by atoms with Crippen LogP contribution in [0, 0.1) is 28.6 Å². The van der Waals surface area contributed by atoms with Gasteiger partial charge in [0.25, 0.3) is 0 Å². The first-order valence-corrected chi connectivity index (χ1v) is 11.9. The van der Waals surface area contributed by atoms with E-state index in [4.69, 9.17) is 21.1 Å². The summed E-state index contributed by atoms with van der Waals surface area (Å²) < 4.78 is 10.8. The monoisotopic (exact) mass is 478 g/mol. The van der Waals surface area contributed by atoms with E-state index >= 15 is 0 Å². The molecule has 4 rings (SSSR count). The Bertz CT molecular complexity index is 970. The number of ether oxygens (including phenoxy) is 2. The molecule has 8 heteroatoms. The number of alkyl halides is 1. The number of hydrogen-bond acceptors (Lipinski definition) is 7. The summed E-state index contributed by atoms with van der Waals surface area (Å²) in [4.78, 5) is 48.9. The molecule has 1 N–H and O–H groups in total. The zero-order valence-electron chi connectivity index (χ0n) is 19.4. The van der Waals surface area contributed by atoms with E-state index in [1.54, 1.807) is 6.08 Å². The minimum Gasteiger partial charge on any atom is -0.458 e. The summed E-state index contributed by atoms with van der Waals surface area (Å²) in [6, 6.07) is 0. The van der Waals surface area contributed by atoms with Crippen LogP contribution < -0.4 is 0 Å². The topological polar surface area (TPSA) is 107 Å². The molecule has 0 saturated heterocycles. The Morgan fingerprint density at radius 1 is 1.21 bits per heavy atom. The molecule has 1 unspecified atom stereocenters. The molecule has 0 bridgehead atoms. The van der Waals surface area contributed by atoms with Gasteiger partial charge in [-0.1, -0.05) is 19.9 Å². The Hall–Kier alpha value is -1.99. The van der Waals surface area contributed by atoms with E-state index in [0.717, 1.165) is 5.57 Å². The van der Waals surface area contributed by atoms with Crippen LogP contribution in [0.2, 0.25) is 0 Å². The van der Waals surface area contributed by atoms with E-state index in [1.807, 2.05) is 19.9 Å². The van der Waals surface area contributed by atoms with Crippen LogP contribution in [0.5, 0.6) is 0 Å². The van der Waals surface area contributed by atoms with Gasteiger partial charge in [-0.2, -0.15) is 0 Å². The second-order valence-electron chi connectivity index (χ2n) is 10.5. The van der Waals surface area contributed by atoms with Gasteiger partial charge in [0.1, 0.15) is 0 Å². The van der Waals surface area contributed by atoms with Gasteiger partial charge in [0.15, 0.2) is 18.0 Å². The number of fused-ring (bicyclic) bond motifs is 5. The number of Topliss-reactive ketones (excluding diaryl/α,β-unsaturated/α-hetero) is 1. The maximum absolute atomic E-state index is 13.4. The highest BCUT2D eigenvalue weighted by Gasteiger charge is 2.70. The highest BCUT2D eigenvalue weighted by molar-refractivity contribution is 6.23. The summed E-state index contributed by atoms with van der Waals surface area (Å²) in [6.45, 7) is 5.91. The fourth-order valence-electron chi connectivity index (χ4n) is 7.53. The predicted octanol–water partition coefficient (Wildman–Crippen LogP) is 2.92. The van der Waals surface area contributed by atoms with E-state index in [0.29, 0.717) is 19.3 Å². The number of ketones is 2. The number of carbonyl (C=O) groups excluding carboxylic acids is 4. The van der Waals surface area contributed by atoms with Crippen molar-refractivity contribution < 1.29 is 33.8 Å². The van der Waals surface area contributed by atoms with Crippen LogP contribution in [0.15, 0.2) is 23.8 Å². The maximum atomic E-state index is 13.4. The van der Waals surface area contributed by atoms with Gasteiger partial charge in [-0.25, -0.2) is 0 Å². The molecular weight excluding hydrogens is 448 g/mol. The fraction of sp³-hybridized carbons (Fsp3) is 0.680. The highest BCUT2D eigenvalue weighted by atomic mass is 35.5. The van der Waals surface area contributed by atoms with Gasteiger partial charge >= 0.3 is 11.9 Å². The number of aliphatic hydroxyl groups excluding tert-OH is 1. The summed E-state index contributed by atoms with van der Waals surface area (Å²) >= 11 is 6.81. The molecule has 4 aliphatic rings. The Kier molecular flexibility index (Phi) is 5.89. The van der Waals surface area contributed by atoms with Gasteiger partial charge in [0, 0.05) is 30.6 Å². The van der Waals surface area contributed by atoms with Gasteiger partial charge in [-0.05, 0) is 55.2 Å². The van der Waals surface area contributed by atoms with Crippen LogP contribution in [-0.2, 0) is 28.7 Å². The van der Waals surface area contributed by atoms with Gasteiger partial charge in [0.05, 0.1) is 11.5 Å². The van der Waals surface area contributed by atoms with Crippen molar-refractivity contribution in [1.29, 1.82) is 0 Å². The number of halogens is 1. The van der Waals surface area contributed by atoms with Gasteiger partial charge in [-0.15, -0.1) is 11.6 Å². The normalized spacial score (nSPS) is 43.6. The molecule has 0 aliphatic heterocycles. The lowest BCUT2D eigenvalue weighted by Gasteiger charge is -2.60. The number of aliphatic hydroxyl groups is 1. The third-order valence-electron chi connectivity index (χ3n) is 8.77. The summed E-state index contributed by atoms with van der Waals surface area (Å²) in [5.41, 5.74) is -2.07. The van der Waals surface area contributed by atoms with Crippen molar-refractivity contribution >= 4 is 35.1 Å². The number of hydrogen-bond donors (Lipinski definition) is 1. The molecule has 180 valence electrons. The van der Waals surface area contributed by atoms with Crippen molar-refractivity contribution in [3.05, 3.63) is 23.8 Å². The van der Waals surface area contributed by atoms with E-state index in [9.17, 15) is 24.3 Å². The van der Waals surface area contributed by atoms with Crippen LogP contribution in [0.4, 0.5) is 0 Å². The zero-order valence-corrected chi connectivity index (χ0v) is 20.2. The molecule has 3 fully saturated rings. The van der Waals surface area contributed by atoms with Gasteiger partial charge in [-0.3, -0.25) is 19.2 Å². The summed E-state index contributed by atoms with van der Waals surface area (Å²) in [5, 5.41) is 11.1. The number of allylic oxidation sites excluding steroid dienone is 4. The molecule has 7 nitrogen and oxygen atoms in total. The molecule has 0 amide bonds. The molecule has 3 saturated carbocycles. The summed E-state index contributed by atoms with van der Waals surface area (Å²) in [7, 11) is 0. The molecule has 0 aromatic carbocycles. The smallest absolute Gasteiger partial charge is 0.303 e. The lowest BCUT2D eigenvalue weighted by Crippen LogP contribution is -2.63. The summed E-state index contributed by atoms with van der Waals surface area (Å²) in [5.74, 6) is -2.01. The number of esters is 2. The van der Waals surface area contributed by atoms with Crippen molar-refractivity contribution in [2.45, 2.75) is 70.5 Å². The van der Waals surface area contributed by atoms with E-state index in [-0.39, 0.29) is 35.3 Å². The number of rotatable bonds is 4. The van der Waals surface area contributed by atoms with Gasteiger partial charge < -0.3 is 14.6 Å². The average Bonchev–Trinajstić information content (AvgIpc) is 2.99. The zero-order chi connectivity index (χ0) is 24.3. The Labute approximate surface area is 198 Å². The number of carbonyl (C=O) groups is 4. The van der Waals surface area contributed by atoms with Crippen molar-refractivity contribution in [3.8, 4) is 0 Å². The minimum atomic E-state index is -1.48. The largest absolute Gasteiger partial charge is 0.458 e. The first kappa shape index (κ1) is 24.1. The Morgan fingerprint density at radius 2 is 1.91 bits per heavy atom. The van der Waals surface area contributed by atoms with Crippen molar-refractivity contribution in [3.63, 3.8) is 0 Å². The molecular formula is C25H31ClO7. The van der Waals surface area contributed by atoms with Crippen molar-refractivity contribution in [2.75, 3.05) is 6.61 Å². The highest BCUT2D eigenvalue weighted by Crippen LogP contribution is 2.68. The molecule has 0 heterocycles. The van der Waals surface area contributed by atoms with Crippen LogP contribution in [0.1, 0.15) is 53.4 Å². The van der Waals surface area contributed by atoms with Crippen LogP contribution in [0.3, 0.4) is 0 Å². The van der Waals surface area contributed by atoms with Crippen molar-refractivity contribution in [1.82, 2.24) is 0 Å². The standard InChI is InChI=1S/C25H31ClO7/c1-13(27)32-12-21(31)25(33-14(2)28)8-6-17-16-10-19(26)18-9-15(29)5-7-23(18,3)22(16)20(30)11-24(17,25)4/h5,7,9,16-17,19-20,22,30H,6,8,10-12H2,1-4H3/t16-,17-,19-,20?,22+,23-,24-,25-/m0/s1. The van der Waals surface area contributed by atoms with Gasteiger partial charge in [0.2, 0.25) is 5.78 Å². The molecule has 0 aromatic rings. The Balaban J connectivity index is 1.76. The molecule has 0 spiro atoms. The lowest BCUT2D eigenvalue weighted by molar-refractivity contribution is -0.199. The van der Waals surface area contributed by atoms with E-state index in [1.165, 1.54) is 19.9 Å². The van der Waals surface area contributed by atoms with E-state index in [2.05, 4.69) is 0 Å². The van der Waals surface area contributed by atoms with Crippen LogP contribution in [0.25, 0.3) is 0 Å². The first-order chi connectivity index (χ1) is 15.4.